The summed E-state index contributed by atoms with van der Waals surface area (Å²) in [5.74, 6) is 1.50. The van der Waals surface area contributed by atoms with Gasteiger partial charge in [-0.2, -0.15) is 0 Å². The molecular formula is C16H24N2O. The first kappa shape index (κ1) is 13.9. The molecule has 0 saturated heterocycles. The van der Waals surface area contributed by atoms with E-state index in [1.807, 2.05) is 25.1 Å². The zero-order valence-electron chi connectivity index (χ0n) is 12.1. The molecule has 0 aliphatic heterocycles. The monoisotopic (exact) mass is 260 g/mol. The van der Waals surface area contributed by atoms with Crippen molar-refractivity contribution >= 4 is 11.6 Å². The van der Waals surface area contributed by atoms with Gasteiger partial charge in [0.05, 0.1) is 5.56 Å². The number of benzene rings is 1. The van der Waals surface area contributed by atoms with Crippen molar-refractivity contribution in [1.29, 1.82) is 0 Å². The van der Waals surface area contributed by atoms with Gasteiger partial charge >= 0.3 is 0 Å². The van der Waals surface area contributed by atoms with Crippen LogP contribution in [-0.2, 0) is 0 Å². The van der Waals surface area contributed by atoms with Crippen molar-refractivity contribution in [3.8, 4) is 0 Å². The first-order valence-electron chi connectivity index (χ1n) is 7.24. The molecule has 104 valence electrons. The fourth-order valence-electron chi connectivity index (χ4n) is 2.26. The summed E-state index contributed by atoms with van der Waals surface area (Å²) in [4.78, 5) is 12.3. The molecule has 0 radical (unpaired) electrons. The molecule has 0 bridgehead atoms. The average Bonchev–Trinajstić information content (AvgIpc) is 3.10. The highest BCUT2D eigenvalue weighted by Gasteiger charge is 2.32. The lowest BCUT2D eigenvalue weighted by atomic mass is 10.1. The van der Waals surface area contributed by atoms with Crippen LogP contribution in [0.15, 0.2) is 18.2 Å². The van der Waals surface area contributed by atoms with E-state index in [4.69, 9.17) is 0 Å². The van der Waals surface area contributed by atoms with E-state index < -0.39 is 0 Å². The molecule has 1 aliphatic carbocycles. The Balaban J connectivity index is 2.02. The topological polar surface area (TPSA) is 41.1 Å². The molecule has 2 unspecified atom stereocenters. The quantitative estimate of drug-likeness (QED) is 0.824. The normalized spacial score (nSPS) is 21.0. The summed E-state index contributed by atoms with van der Waals surface area (Å²) in [6.07, 6.45) is 2.30. The van der Waals surface area contributed by atoms with Crippen molar-refractivity contribution in [3.05, 3.63) is 29.3 Å². The third-order valence-electron chi connectivity index (χ3n) is 3.79. The van der Waals surface area contributed by atoms with Crippen LogP contribution >= 0.6 is 0 Å². The van der Waals surface area contributed by atoms with Gasteiger partial charge < -0.3 is 10.6 Å². The Morgan fingerprint density at radius 1 is 1.42 bits per heavy atom. The van der Waals surface area contributed by atoms with Crippen molar-refractivity contribution in [2.75, 3.05) is 18.4 Å². The Morgan fingerprint density at radius 2 is 2.16 bits per heavy atom. The van der Waals surface area contributed by atoms with Crippen molar-refractivity contribution in [1.82, 2.24) is 5.32 Å². The van der Waals surface area contributed by atoms with Gasteiger partial charge in [-0.1, -0.05) is 25.5 Å². The average molecular weight is 260 g/mol. The molecule has 1 aliphatic rings. The lowest BCUT2D eigenvalue weighted by Gasteiger charge is -2.12. The molecule has 3 nitrogen and oxygen atoms in total. The lowest BCUT2D eigenvalue weighted by Crippen LogP contribution is -2.27. The van der Waals surface area contributed by atoms with Crippen molar-refractivity contribution < 1.29 is 4.79 Å². The van der Waals surface area contributed by atoms with Gasteiger partial charge in [0, 0.05) is 18.8 Å². The molecule has 0 heterocycles. The van der Waals surface area contributed by atoms with Crippen LogP contribution in [-0.4, -0.2) is 19.0 Å². The fourth-order valence-corrected chi connectivity index (χ4v) is 2.26. The van der Waals surface area contributed by atoms with E-state index >= 15 is 0 Å². The van der Waals surface area contributed by atoms with Crippen LogP contribution in [0.2, 0.25) is 0 Å². The Hall–Kier alpha value is -1.51. The molecule has 1 aromatic rings. The molecule has 2 atom stereocenters. The summed E-state index contributed by atoms with van der Waals surface area (Å²) in [6.45, 7) is 8.07. The summed E-state index contributed by atoms with van der Waals surface area (Å²) in [5.41, 5.74) is 2.82. The first-order valence-corrected chi connectivity index (χ1v) is 7.24. The smallest absolute Gasteiger partial charge is 0.253 e. The number of rotatable bonds is 6. The second-order valence-corrected chi connectivity index (χ2v) is 5.66. The molecular weight excluding hydrogens is 236 g/mol. The molecule has 1 aromatic carbocycles. The Bertz CT molecular complexity index is 456. The maximum absolute atomic E-state index is 12.3. The van der Waals surface area contributed by atoms with Crippen LogP contribution < -0.4 is 10.6 Å². The first-order chi connectivity index (χ1) is 9.11. The second kappa shape index (κ2) is 6.09. The van der Waals surface area contributed by atoms with Crippen LogP contribution in [0, 0.1) is 18.8 Å². The highest BCUT2D eigenvalue weighted by atomic mass is 16.1. The summed E-state index contributed by atoms with van der Waals surface area (Å²) < 4.78 is 0. The van der Waals surface area contributed by atoms with E-state index in [2.05, 4.69) is 24.5 Å². The van der Waals surface area contributed by atoms with E-state index in [0.29, 0.717) is 5.92 Å². The van der Waals surface area contributed by atoms with Crippen molar-refractivity contribution in [2.24, 2.45) is 11.8 Å². The number of carbonyl (C=O) groups is 1. The summed E-state index contributed by atoms with van der Waals surface area (Å²) >= 11 is 0. The van der Waals surface area contributed by atoms with Gasteiger partial charge in [0.25, 0.3) is 5.91 Å². The SMILES string of the molecule is CCCNc1ccc(C)cc1C(=O)NCC1CC1C. The standard InChI is InChI=1S/C16H24N2O/c1-4-7-17-15-6-5-11(2)8-14(15)16(19)18-10-13-9-12(13)3/h5-6,8,12-13,17H,4,7,9-10H2,1-3H3,(H,18,19). The molecule has 0 aromatic heterocycles. The minimum absolute atomic E-state index is 0.0430. The van der Waals surface area contributed by atoms with Gasteiger partial charge in [0.2, 0.25) is 0 Å². The van der Waals surface area contributed by atoms with E-state index in [9.17, 15) is 4.79 Å². The van der Waals surface area contributed by atoms with Gasteiger partial charge in [0.15, 0.2) is 0 Å². The highest BCUT2D eigenvalue weighted by Crippen LogP contribution is 2.36. The lowest BCUT2D eigenvalue weighted by molar-refractivity contribution is 0.0952. The summed E-state index contributed by atoms with van der Waals surface area (Å²) in [6, 6.07) is 6.00. The second-order valence-electron chi connectivity index (χ2n) is 5.66. The van der Waals surface area contributed by atoms with E-state index in [0.717, 1.165) is 42.2 Å². The number of hydrogen-bond donors (Lipinski definition) is 2. The number of aryl methyl sites for hydroxylation is 1. The molecule has 1 amide bonds. The highest BCUT2D eigenvalue weighted by molar-refractivity contribution is 5.99. The largest absolute Gasteiger partial charge is 0.384 e. The van der Waals surface area contributed by atoms with Crippen LogP contribution in [0.25, 0.3) is 0 Å². The zero-order chi connectivity index (χ0) is 13.8. The van der Waals surface area contributed by atoms with Gasteiger partial charge in [-0.25, -0.2) is 0 Å². The predicted octanol–water partition coefficient (Wildman–Crippen LogP) is 3.20. The maximum Gasteiger partial charge on any atom is 0.253 e. The van der Waals surface area contributed by atoms with Crippen LogP contribution in [0.4, 0.5) is 5.69 Å². The molecule has 2 N–H and O–H groups in total. The Kier molecular flexibility index (Phi) is 4.46. The molecule has 3 heteroatoms. The third-order valence-corrected chi connectivity index (χ3v) is 3.79. The molecule has 0 spiro atoms. The third kappa shape index (κ3) is 3.72. The Labute approximate surface area is 115 Å². The fraction of sp³-hybridized carbons (Fsp3) is 0.562. The molecule has 1 fully saturated rings. The summed E-state index contributed by atoms with van der Waals surface area (Å²) in [5, 5.41) is 6.38. The van der Waals surface area contributed by atoms with E-state index in [-0.39, 0.29) is 5.91 Å². The van der Waals surface area contributed by atoms with Crippen LogP contribution in [0.3, 0.4) is 0 Å². The number of amides is 1. The molecule has 1 saturated carbocycles. The number of anilines is 1. The van der Waals surface area contributed by atoms with Gasteiger partial charge in [-0.15, -0.1) is 0 Å². The van der Waals surface area contributed by atoms with Crippen molar-refractivity contribution in [3.63, 3.8) is 0 Å². The summed E-state index contributed by atoms with van der Waals surface area (Å²) in [7, 11) is 0. The minimum Gasteiger partial charge on any atom is -0.384 e. The Morgan fingerprint density at radius 3 is 2.79 bits per heavy atom. The van der Waals surface area contributed by atoms with E-state index in [1.165, 1.54) is 6.42 Å². The van der Waals surface area contributed by atoms with Gasteiger partial charge in [-0.3, -0.25) is 4.79 Å². The van der Waals surface area contributed by atoms with Crippen LogP contribution in [0.5, 0.6) is 0 Å². The van der Waals surface area contributed by atoms with Crippen molar-refractivity contribution in [2.45, 2.75) is 33.6 Å². The van der Waals surface area contributed by atoms with Crippen LogP contribution in [0.1, 0.15) is 42.6 Å². The van der Waals surface area contributed by atoms with Gasteiger partial charge in [0.1, 0.15) is 0 Å². The molecule has 19 heavy (non-hydrogen) atoms. The number of carbonyl (C=O) groups excluding carboxylic acids is 1. The number of nitrogens with one attached hydrogen (secondary N) is 2. The molecule has 2 rings (SSSR count). The van der Waals surface area contributed by atoms with Gasteiger partial charge in [-0.05, 0) is 43.7 Å². The van der Waals surface area contributed by atoms with E-state index in [1.54, 1.807) is 0 Å². The zero-order valence-corrected chi connectivity index (χ0v) is 12.1. The maximum atomic E-state index is 12.3. The minimum atomic E-state index is 0.0430. The predicted molar refractivity (Wildman–Crippen MR) is 79.6 cm³/mol. The number of hydrogen-bond acceptors (Lipinski definition) is 2.